The number of esters is 1. The molecule has 8 nitrogen and oxygen atoms in total. The van der Waals surface area contributed by atoms with Gasteiger partial charge in [0.15, 0.2) is 0 Å². The molecule has 1 saturated heterocycles. The maximum atomic E-state index is 11.6. The maximum Gasteiger partial charge on any atom is 0.330 e. The van der Waals surface area contributed by atoms with E-state index in [2.05, 4.69) is 4.98 Å². The SMILES string of the molecule is O=C(CCl)OC[C@H]1O[C@@H](n2ccc(=O)[nH]c2=O)C[C@@H]1O. The van der Waals surface area contributed by atoms with Gasteiger partial charge in [0.25, 0.3) is 5.56 Å². The molecule has 2 heterocycles. The van der Waals surface area contributed by atoms with Gasteiger partial charge in [0.2, 0.25) is 0 Å². The van der Waals surface area contributed by atoms with Crippen LogP contribution in [0.1, 0.15) is 12.6 Å². The van der Waals surface area contributed by atoms with Gasteiger partial charge in [-0.25, -0.2) is 4.79 Å². The predicted molar refractivity (Wildman–Crippen MR) is 67.5 cm³/mol. The number of rotatable bonds is 4. The number of halogens is 1. The molecule has 2 rings (SSSR count). The molecular weight excluding hydrogens is 292 g/mol. The highest BCUT2D eigenvalue weighted by Crippen LogP contribution is 2.27. The van der Waals surface area contributed by atoms with E-state index in [9.17, 15) is 19.5 Å². The van der Waals surface area contributed by atoms with Crippen molar-refractivity contribution < 1.29 is 19.4 Å². The second-order valence-corrected chi connectivity index (χ2v) is 4.53. The Hall–Kier alpha value is -1.64. The number of H-pyrrole nitrogens is 1. The third-order valence-corrected chi connectivity index (χ3v) is 3.10. The number of aromatic amines is 1. The number of aliphatic hydroxyl groups excluding tert-OH is 1. The topological polar surface area (TPSA) is 111 Å². The third-order valence-electron chi connectivity index (χ3n) is 2.88. The molecule has 0 bridgehead atoms. The largest absolute Gasteiger partial charge is 0.462 e. The van der Waals surface area contributed by atoms with E-state index >= 15 is 0 Å². The molecular formula is C11H13ClN2O6. The maximum absolute atomic E-state index is 11.6. The van der Waals surface area contributed by atoms with Crippen molar-refractivity contribution in [3.63, 3.8) is 0 Å². The zero-order valence-electron chi connectivity index (χ0n) is 10.3. The molecule has 0 aliphatic carbocycles. The van der Waals surface area contributed by atoms with Crippen molar-refractivity contribution in [2.24, 2.45) is 0 Å². The Kier molecular flexibility index (Phi) is 4.58. The van der Waals surface area contributed by atoms with Gasteiger partial charge in [0, 0.05) is 18.7 Å². The normalized spacial score (nSPS) is 25.6. The molecule has 9 heteroatoms. The number of nitrogens with zero attached hydrogens (tertiary/aromatic N) is 1. The summed E-state index contributed by atoms with van der Waals surface area (Å²) in [5, 5.41) is 9.82. The first-order chi connectivity index (χ1) is 9.51. The average molecular weight is 305 g/mol. The van der Waals surface area contributed by atoms with Gasteiger partial charge in [0.05, 0.1) is 6.10 Å². The number of ether oxygens (including phenoxy) is 2. The molecule has 110 valence electrons. The number of hydrogen-bond donors (Lipinski definition) is 2. The van der Waals surface area contributed by atoms with Crippen molar-refractivity contribution in [2.45, 2.75) is 24.9 Å². The quantitative estimate of drug-likeness (QED) is 0.543. The fraction of sp³-hybridized carbons (Fsp3) is 0.545. The van der Waals surface area contributed by atoms with Crippen molar-refractivity contribution in [2.75, 3.05) is 12.5 Å². The number of alkyl halides is 1. The van der Waals surface area contributed by atoms with Crippen LogP contribution in [0, 0.1) is 0 Å². The Morgan fingerprint density at radius 2 is 2.35 bits per heavy atom. The van der Waals surface area contributed by atoms with Crippen LogP contribution in [0.5, 0.6) is 0 Å². The minimum absolute atomic E-state index is 0.148. The highest BCUT2D eigenvalue weighted by atomic mass is 35.5. The number of aliphatic hydroxyl groups is 1. The van der Waals surface area contributed by atoms with Gasteiger partial charge in [-0.2, -0.15) is 0 Å². The van der Waals surface area contributed by atoms with E-state index in [1.54, 1.807) is 0 Å². The molecule has 1 aliphatic rings. The molecule has 3 atom stereocenters. The van der Waals surface area contributed by atoms with E-state index in [0.29, 0.717) is 0 Å². The second-order valence-electron chi connectivity index (χ2n) is 4.27. The molecule has 0 radical (unpaired) electrons. The van der Waals surface area contributed by atoms with Gasteiger partial charge >= 0.3 is 11.7 Å². The minimum Gasteiger partial charge on any atom is -0.462 e. The molecule has 1 aromatic rings. The Morgan fingerprint density at radius 3 is 3.00 bits per heavy atom. The highest BCUT2D eigenvalue weighted by molar-refractivity contribution is 6.26. The lowest BCUT2D eigenvalue weighted by molar-refractivity contribution is -0.147. The van der Waals surface area contributed by atoms with E-state index in [0.717, 1.165) is 4.57 Å². The third kappa shape index (κ3) is 3.27. The summed E-state index contributed by atoms with van der Waals surface area (Å²) in [6.07, 6.45) is -0.928. The van der Waals surface area contributed by atoms with Gasteiger partial charge in [-0.05, 0) is 0 Å². The molecule has 0 amide bonds. The van der Waals surface area contributed by atoms with Crippen LogP contribution in [0.15, 0.2) is 21.9 Å². The van der Waals surface area contributed by atoms with Crippen LogP contribution in [0.3, 0.4) is 0 Å². The van der Waals surface area contributed by atoms with E-state index < -0.39 is 35.7 Å². The molecule has 1 aromatic heterocycles. The lowest BCUT2D eigenvalue weighted by Crippen LogP contribution is -2.32. The van der Waals surface area contributed by atoms with Crippen LogP contribution in [0.2, 0.25) is 0 Å². The standard InChI is InChI=1S/C11H13ClN2O6/c12-4-10(17)19-5-7-6(15)3-9(20-7)14-2-1-8(16)13-11(14)18/h1-2,6-7,9,15H,3-5H2,(H,13,16,18)/t6-,7+,9+/m0/s1. The van der Waals surface area contributed by atoms with Crippen molar-refractivity contribution in [1.82, 2.24) is 9.55 Å². The monoisotopic (exact) mass is 304 g/mol. The van der Waals surface area contributed by atoms with E-state index in [4.69, 9.17) is 21.1 Å². The number of nitrogens with one attached hydrogen (secondary N) is 1. The fourth-order valence-corrected chi connectivity index (χ4v) is 1.98. The summed E-state index contributed by atoms with van der Waals surface area (Å²) in [4.78, 5) is 35.6. The number of carbonyl (C=O) groups is 1. The number of hydrogen-bond acceptors (Lipinski definition) is 6. The van der Waals surface area contributed by atoms with Crippen LogP contribution >= 0.6 is 11.6 Å². The van der Waals surface area contributed by atoms with Crippen molar-refractivity contribution in [3.05, 3.63) is 33.1 Å². The number of carbonyl (C=O) groups excluding carboxylic acids is 1. The van der Waals surface area contributed by atoms with Crippen LogP contribution in [-0.2, 0) is 14.3 Å². The van der Waals surface area contributed by atoms with Crippen LogP contribution in [-0.4, -0.2) is 45.3 Å². The summed E-state index contributed by atoms with van der Waals surface area (Å²) in [5.41, 5.74) is -1.15. The average Bonchev–Trinajstić information content (AvgIpc) is 2.77. The van der Waals surface area contributed by atoms with Crippen molar-refractivity contribution in [1.29, 1.82) is 0 Å². The zero-order chi connectivity index (χ0) is 14.7. The highest BCUT2D eigenvalue weighted by Gasteiger charge is 2.36. The van der Waals surface area contributed by atoms with Gasteiger partial charge in [-0.3, -0.25) is 19.1 Å². The first kappa shape index (κ1) is 14.8. The second kappa shape index (κ2) is 6.21. The lowest BCUT2D eigenvalue weighted by Gasteiger charge is -2.15. The first-order valence-corrected chi connectivity index (χ1v) is 6.41. The van der Waals surface area contributed by atoms with Crippen LogP contribution < -0.4 is 11.2 Å². The Labute approximate surface area is 117 Å². The molecule has 20 heavy (non-hydrogen) atoms. The van der Waals surface area contributed by atoms with E-state index in [1.807, 2.05) is 0 Å². The smallest absolute Gasteiger partial charge is 0.330 e. The zero-order valence-corrected chi connectivity index (χ0v) is 11.1. The summed E-state index contributed by atoms with van der Waals surface area (Å²) in [6, 6.07) is 1.18. The van der Waals surface area contributed by atoms with Gasteiger partial charge < -0.3 is 14.6 Å². The first-order valence-electron chi connectivity index (χ1n) is 5.88. The predicted octanol–water partition coefficient (Wildman–Crippen LogP) is -1.03. The summed E-state index contributed by atoms with van der Waals surface area (Å²) in [7, 11) is 0. The summed E-state index contributed by atoms with van der Waals surface area (Å²) in [6.45, 7) is -0.151. The molecule has 2 N–H and O–H groups in total. The lowest BCUT2D eigenvalue weighted by atomic mass is 10.2. The molecule has 0 aromatic carbocycles. The van der Waals surface area contributed by atoms with Crippen molar-refractivity contribution >= 4 is 17.6 Å². The van der Waals surface area contributed by atoms with E-state index in [1.165, 1.54) is 12.3 Å². The van der Waals surface area contributed by atoms with Gasteiger partial charge in [-0.1, -0.05) is 0 Å². The van der Waals surface area contributed by atoms with Crippen LogP contribution in [0.25, 0.3) is 0 Å². The minimum atomic E-state index is -0.887. The van der Waals surface area contributed by atoms with Gasteiger partial charge in [-0.15, -0.1) is 11.6 Å². The summed E-state index contributed by atoms with van der Waals surface area (Å²) >= 11 is 5.28. The Bertz CT molecular complexity index is 597. The molecule has 1 aliphatic heterocycles. The van der Waals surface area contributed by atoms with Gasteiger partial charge in [0.1, 0.15) is 24.8 Å². The van der Waals surface area contributed by atoms with E-state index in [-0.39, 0.29) is 18.9 Å². The summed E-state index contributed by atoms with van der Waals surface area (Å²) < 4.78 is 11.4. The molecule has 0 spiro atoms. The number of aromatic nitrogens is 2. The molecule has 0 saturated carbocycles. The molecule has 1 fully saturated rings. The van der Waals surface area contributed by atoms with Crippen molar-refractivity contribution in [3.8, 4) is 0 Å². The van der Waals surface area contributed by atoms with Crippen LogP contribution in [0.4, 0.5) is 0 Å². The summed E-state index contributed by atoms with van der Waals surface area (Å²) in [5.74, 6) is -0.904. The fourth-order valence-electron chi connectivity index (χ4n) is 1.90. The Morgan fingerprint density at radius 1 is 1.60 bits per heavy atom. The Balaban J connectivity index is 2.04. The molecule has 0 unspecified atom stereocenters.